The standard InChI is InChI=1S/C21H26N2O2/c1-14-12-17(25-3)13-19-18(6-4-5-11-22)21(23-20(14)19)15-7-9-16(24-2)10-8-15/h7-10,12-13,23H,4-6,11,22H2,1-3H3. The highest BCUT2D eigenvalue weighted by Gasteiger charge is 2.15. The lowest BCUT2D eigenvalue weighted by Gasteiger charge is -2.07. The fourth-order valence-electron chi connectivity index (χ4n) is 3.32. The maximum absolute atomic E-state index is 5.69. The van der Waals surface area contributed by atoms with Crippen LogP contribution in [0.3, 0.4) is 0 Å². The molecule has 2 aromatic carbocycles. The number of hydrogen-bond acceptors (Lipinski definition) is 3. The lowest BCUT2D eigenvalue weighted by Crippen LogP contribution is -1.99. The fraction of sp³-hybridized carbons (Fsp3) is 0.333. The number of nitrogens with one attached hydrogen (secondary N) is 1. The summed E-state index contributed by atoms with van der Waals surface area (Å²) >= 11 is 0. The van der Waals surface area contributed by atoms with E-state index in [2.05, 4.69) is 36.2 Å². The van der Waals surface area contributed by atoms with E-state index in [-0.39, 0.29) is 0 Å². The van der Waals surface area contributed by atoms with E-state index in [1.165, 1.54) is 27.7 Å². The summed E-state index contributed by atoms with van der Waals surface area (Å²) in [5.74, 6) is 1.76. The first-order valence-electron chi connectivity index (χ1n) is 8.71. The second-order valence-electron chi connectivity index (χ2n) is 6.32. The lowest BCUT2D eigenvalue weighted by atomic mass is 9.99. The highest BCUT2D eigenvalue weighted by Crippen LogP contribution is 2.36. The Kier molecular flexibility index (Phi) is 5.29. The molecule has 4 heteroatoms. The summed E-state index contributed by atoms with van der Waals surface area (Å²) < 4.78 is 10.8. The van der Waals surface area contributed by atoms with Gasteiger partial charge in [0.05, 0.1) is 14.2 Å². The van der Waals surface area contributed by atoms with Gasteiger partial charge in [-0.2, -0.15) is 0 Å². The maximum Gasteiger partial charge on any atom is 0.119 e. The molecular weight excluding hydrogens is 312 g/mol. The normalized spacial score (nSPS) is 11.0. The Morgan fingerprint density at radius 3 is 2.32 bits per heavy atom. The molecule has 0 fully saturated rings. The van der Waals surface area contributed by atoms with Crippen LogP contribution in [-0.4, -0.2) is 25.7 Å². The number of aryl methyl sites for hydroxylation is 2. The number of fused-ring (bicyclic) bond motifs is 1. The topological polar surface area (TPSA) is 60.3 Å². The molecule has 3 N–H and O–H groups in total. The van der Waals surface area contributed by atoms with Gasteiger partial charge < -0.3 is 20.2 Å². The van der Waals surface area contributed by atoms with E-state index in [0.29, 0.717) is 0 Å². The monoisotopic (exact) mass is 338 g/mol. The molecule has 0 aliphatic carbocycles. The summed E-state index contributed by atoms with van der Waals surface area (Å²) in [5, 5.41) is 1.24. The number of nitrogens with two attached hydrogens (primary N) is 1. The summed E-state index contributed by atoms with van der Waals surface area (Å²) in [7, 11) is 3.40. The van der Waals surface area contributed by atoms with Crippen molar-refractivity contribution in [2.45, 2.75) is 26.2 Å². The summed E-state index contributed by atoms with van der Waals surface area (Å²) in [6, 6.07) is 12.4. The lowest BCUT2D eigenvalue weighted by molar-refractivity contribution is 0.415. The molecule has 0 unspecified atom stereocenters. The first-order valence-corrected chi connectivity index (χ1v) is 8.71. The molecule has 25 heavy (non-hydrogen) atoms. The van der Waals surface area contributed by atoms with Crippen LogP contribution < -0.4 is 15.2 Å². The average molecular weight is 338 g/mol. The highest BCUT2D eigenvalue weighted by atomic mass is 16.5. The molecule has 0 saturated heterocycles. The van der Waals surface area contributed by atoms with Crippen molar-refractivity contribution in [3.05, 3.63) is 47.5 Å². The molecule has 0 amide bonds. The zero-order chi connectivity index (χ0) is 17.8. The number of aromatic amines is 1. The Balaban J connectivity index is 2.14. The summed E-state index contributed by atoms with van der Waals surface area (Å²) in [6.45, 7) is 2.84. The molecular formula is C21H26N2O2. The van der Waals surface area contributed by atoms with Crippen molar-refractivity contribution in [3.8, 4) is 22.8 Å². The van der Waals surface area contributed by atoms with E-state index >= 15 is 0 Å². The number of ether oxygens (including phenoxy) is 2. The Morgan fingerprint density at radius 2 is 1.68 bits per heavy atom. The van der Waals surface area contributed by atoms with Gasteiger partial charge in [0.25, 0.3) is 0 Å². The van der Waals surface area contributed by atoms with Crippen molar-refractivity contribution >= 4 is 10.9 Å². The molecule has 0 saturated carbocycles. The second kappa shape index (κ2) is 7.62. The van der Waals surface area contributed by atoms with Crippen LogP contribution in [0.5, 0.6) is 11.5 Å². The van der Waals surface area contributed by atoms with Crippen LogP contribution >= 0.6 is 0 Å². The summed E-state index contributed by atoms with van der Waals surface area (Å²) in [5.41, 5.74) is 11.7. The van der Waals surface area contributed by atoms with Crippen molar-refractivity contribution in [2.24, 2.45) is 5.73 Å². The van der Waals surface area contributed by atoms with Crippen LogP contribution in [0.4, 0.5) is 0 Å². The largest absolute Gasteiger partial charge is 0.497 e. The summed E-state index contributed by atoms with van der Waals surface area (Å²) in [6.07, 6.45) is 3.09. The van der Waals surface area contributed by atoms with Crippen molar-refractivity contribution in [3.63, 3.8) is 0 Å². The fourth-order valence-corrected chi connectivity index (χ4v) is 3.32. The number of aromatic nitrogens is 1. The number of H-pyrrole nitrogens is 1. The van der Waals surface area contributed by atoms with E-state index < -0.39 is 0 Å². The van der Waals surface area contributed by atoms with Gasteiger partial charge in [-0.05, 0) is 85.8 Å². The van der Waals surface area contributed by atoms with Gasteiger partial charge in [-0.25, -0.2) is 0 Å². The second-order valence-corrected chi connectivity index (χ2v) is 6.32. The maximum atomic E-state index is 5.69. The van der Waals surface area contributed by atoms with Crippen LogP contribution in [0.15, 0.2) is 36.4 Å². The highest BCUT2D eigenvalue weighted by molar-refractivity contribution is 5.93. The molecule has 4 nitrogen and oxygen atoms in total. The predicted molar refractivity (Wildman–Crippen MR) is 104 cm³/mol. The van der Waals surface area contributed by atoms with Crippen molar-refractivity contribution in [2.75, 3.05) is 20.8 Å². The number of hydrogen-bond donors (Lipinski definition) is 2. The van der Waals surface area contributed by atoms with E-state index in [1.54, 1.807) is 14.2 Å². The van der Waals surface area contributed by atoms with Crippen molar-refractivity contribution in [1.29, 1.82) is 0 Å². The van der Waals surface area contributed by atoms with Gasteiger partial charge in [-0.15, -0.1) is 0 Å². The number of rotatable bonds is 7. The first kappa shape index (κ1) is 17.4. The molecule has 0 bridgehead atoms. The van der Waals surface area contributed by atoms with E-state index in [9.17, 15) is 0 Å². The average Bonchev–Trinajstić information content (AvgIpc) is 3.01. The molecule has 0 aliphatic heterocycles. The minimum Gasteiger partial charge on any atom is -0.497 e. The minimum absolute atomic E-state index is 0.725. The van der Waals surface area contributed by atoms with Crippen LogP contribution in [0.25, 0.3) is 22.2 Å². The Labute approximate surface area is 149 Å². The van der Waals surface area contributed by atoms with Gasteiger partial charge in [0, 0.05) is 16.6 Å². The Hall–Kier alpha value is -2.46. The zero-order valence-corrected chi connectivity index (χ0v) is 15.2. The quantitative estimate of drug-likeness (QED) is 0.626. The van der Waals surface area contributed by atoms with Gasteiger partial charge in [-0.1, -0.05) is 0 Å². The molecule has 0 spiro atoms. The van der Waals surface area contributed by atoms with E-state index in [0.717, 1.165) is 42.9 Å². The van der Waals surface area contributed by atoms with Gasteiger partial charge in [0.1, 0.15) is 11.5 Å². The predicted octanol–water partition coefficient (Wildman–Crippen LogP) is 4.44. The van der Waals surface area contributed by atoms with Crippen LogP contribution in [0.1, 0.15) is 24.0 Å². The van der Waals surface area contributed by atoms with E-state index in [1.807, 2.05) is 12.1 Å². The van der Waals surface area contributed by atoms with Gasteiger partial charge >= 0.3 is 0 Å². The molecule has 3 aromatic rings. The van der Waals surface area contributed by atoms with Crippen molar-refractivity contribution in [1.82, 2.24) is 4.98 Å². The Morgan fingerprint density at radius 1 is 0.960 bits per heavy atom. The molecule has 0 radical (unpaired) electrons. The van der Waals surface area contributed by atoms with Crippen molar-refractivity contribution < 1.29 is 9.47 Å². The number of benzene rings is 2. The summed E-state index contributed by atoms with van der Waals surface area (Å²) in [4.78, 5) is 3.64. The van der Waals surface area contributed by atoms with Gasteiger partial charge in [0.15, 0.2) is 0 Å². The van der Waals surface area contributed by atoms with Gasteiger partial charge in [-0.3, -0.25) is 0 Å². The molecule has 3 rings (SSSR count). The SMILES string of the molecule is COc1ccc(-c2[nH]c3c(C)cc(OC)cc3c2CCCCN)cc1. The third-order valence-corrected chi connectivity index (χ3v) is 4.68. The van der Waals surface area contributed by atoms with Gasteiger partial charge in [0.2, 0.25) is 0 Å². The smallest absolute Gasteiger partial charge is 0.119 e. The third-order valence-electron chi connectivity index (χ3n) is 4.68. The zero-order valence-electron chi connectivity index (χ0n) is 15.2. The Bertz CT molecular complexity index is 850. The van der Waals surface area contributed by atoms with Crippen LogP contribution in [-0.2, 0) is 6.42 Å². The molecule has 0 atom stereocenters. The third kappa shape index (κ3) is 3.49. The molecule has 0 aliphatic rings. The number of unbranched alkanes of at least 4 members (excludes halogenated alkanes) is 1. The van der Waals surface area contributed by atoms with Crippen LogP contribution in [0.2, 0.25) is 0 Å². The van der Waals surface area contributed by atoms with E-state index in [4.69, 9.17) is 15.2 Å². The minimum atomic E-state index is 0.725. The molecule has 1 aromatic heterocycles. The number of methoxy groups -OCH3 is 2. The van der Waals surface area contributed by atoms with Crippen LogP contribution in [0, 0.1) is 6.92 Å². The molecule has 1 heterocycles. The molecule has 132 valence electrons. The first-order chi connectivity index (χ1) is 12.2.